The Morgan fingerprint density at radius 3 is 2.61 bits per heavy atom. The Kier molecular flexibility index (Phi) is 3.27. The normalized spacial score (nSPS) is 10.8. The lowest BCUT2D eigenvalue weighted by molar-refractivity contribution is 0.630. The van der Waals surface area contributed by atoms with Crippen LogP contribution in [0, 0.1) is 5.82 Å². The van der Waals surface area contributed by atoms with Gasteiger partial charge in [-0.1, -0.05) is 18.2 Å². The molecule has 2 heterocycles. The largest absolute Gasteiger partial charge is 0.354 e. The molecule has 23 heavy (non-hydrogen) atoms. The number of fused-ring (bicyclic) bond motifs is 1. The number of pyridine rings is 1. The number of benzene rings is 2. The van der Waals surface area contributed by atoms with Gasteiger partial charge in [0.05, 0.1) is 11.9 Å². The highest BCUT2D eigenvalue weighted by Gasteiger charge is 2.06. The van der Waals surface area contributed by atoms with Crippen molar-refractivity contribution >= 4 is 22.3 Å². The van der Waals surface area contributed by atoms with Crippen LogP contribution in [0.25, 0.3) is 22.2 Å². The highest BCUT2D eigenvalue weighted by atomic mass is 19.1. The molecule has 0 aliphatic rings. The zero-order chi connectivity index (χ0) is 15.6. The van der Waals surface area contributed by atoms with E-state index < -0.39 is 0 Å². The van der Waals surface area contributed by atoms with E-state index in [1.54, 1.807) is 18.5 Å². The van der Waals surface area contributed by atoms with E-state index in [1.807, 2.05) is 42.5 Å². The maximum Gasteiger partial charge on any atom is 0.123 e. The van der Waals surface area contributed by atoms with Gasteiger partial charge in [-0.2, -0.15) is 0 Å². The second-order valence-corrected chi connectivity index (χ2v) is 5.37. The first kappa shape index (κ1) is 13.5. The fraction of sp³-hybridized carbons (Fsp3) is 0. The summed E-state index contributed by atoms with van der Waals surface area (Å²) < 4.78 is 13.3. The molecule has 2 N–H and O–H groups in total. The van der Waals surface area contributed by atoms with Crippen LogP contribution in [-0.2, 0) is 0 Å². The van der Waals surface area contributed by atoms with Gasteiger partial charge in [0, 0.05) is 34.0 Å². The van der Waals surface area contributed by atoms with Gasteiger partial charge in [-0.15, -0.1) is 0 Å². The van der Waals surface area contributed by atoms with Crippen molar-refractivity contribution in [3.05, 3.63) is 78.9 Å². The Labute approximate surface area is 132 Å². The van der Waals surface area contributed by atoms with Crippen molar-refractivity contribution in [3.63, 3.8) is 0 Å². The fourth-order valence-electron chi connectivity index (χ4n) is 2.60. The van der Waals surface area contributed by atoms with E-state index in [1.165, 1.54) is 12.1 Å². The van der Waals surface area contributed by atoms with Gasteiger partial charge in [-0.05, 0) is 42.5 Å². The van der Waals surface area contributed by atoms with Crippen molar-refractivity contribution in [2.24, 2.45) is 0 Å². The van der Waals surface area contributed by atoms with Crippen LogP contribution in [0.5, 0.6) is 0 Å². The number of H-pyrrole nitrogens is 1. The molecule has 0 saturated heterocycles. The van der Waals surface area contributed by atoms with Crippen molar-refractivity contribution in [2.75, 3.05) is 5.32 Å². The van der Waals surface area contributed by atoms with Gasteiger partial charge in [-0.25, -0.2) is 4.39 Å². The summed E-state index contributed by atoms with van der Waals surface area (Å²) in [4.78, 5) is 7.58. The smallest absolute Gasteiger partial charge is 0.123 e. The monoisotopic (exact) mass is 303 g/mol. The highest BCUT2D eigenvalue weighted by Crippen LogP contribution is 2.26. The molecule has 4 heteroatoms. The van der Waals surface area contributed by atoms with E-state index in [0.29, 0.717) is 0 Å². The second kappa shape index (κ2) is 5.57. The topological polar surface area (TPSA) is 40.7 Å². The average molecular weight is 303 g/mol. The van der Waals surface area contributed by atoms with E-state index in [9.17, 15) is 4.39 Å². The zero-order valence-corrected chi connectivity index (χ0v) is 12.3. The Morgan fingerprint density at radius 1 is 0.870 bits per heavy atom. The summed E-state index contributed by atoms with van der Waals surface area (Å²) in [6, 6.07) is 18.6. The minimum atomic E-state index is -0.235. The van der Waals surface area contributed by atoms with Crippen LogP contribution in [-0.4, -0.2) is 9.97 Å². The summed E-state index contributed by atoms with van der Waals surface area (Å²) in [5, 5.41) is 4.17. The molecule has 2 aromatic heterocycles. The van der Waals surface area contributed by atoms with Gasteiger partial charge in [0.25, 0.3) is 0 Å². The molecule has 0 fully saturated rings. The van der Waals surface area contributed by atoms with E-state index in [0.717, 1.165) is 33.5 Å². The summed E-state index contributed by atoms with van der Waals surface area (Å²) >= 11 is 0. The Balaban J connectivity index is 1.69. The van der Waals surface area contributed by atoms with Crippen molar-refractivity contribution in [1.29, 1.82) is 0 Å². The van der Waals surface area contributed by atoms with Crippen LogP contribution in [0.3, 0.4) is 0 Å². The number of aromatic amines is 1. The Hall–Kier alpha value is -3.14. The van der Waals surface area contributed by atoms with E-state index in [2.05, 4.69) is 15.3 Å². The Bertz CT molecular complexity index is 961. The first-order valence-corrected chi connectivity index (χ1v) is 7.34. The van der Waals surface area contributed by atoms with Gasteiger partial charge >= 0.3 is 0 Å². The third-order valence-electron chi connectivity index (χ3n) is 3.69. The standard InChI is InChI=1S/C19H14FN3/c20-15-6-7-18-13(8-15)10-19(23-18)14-9-17(12-21-11-14)22-16-4-2-1-3-5-16/h1-12,22-23H. The molecule has 2 aromatic carbocycles. The number of aromatic nitrogens is 2. The second-order valence-electron chi connectivity index (χ2n) is 5.37. The maximum atomic E-state index is 13.3. The third kappa shape index (κ3) is 2.79. The molecule has 112 valence electrons. The quantitative estimate of drug-likeness (QED) is 0.552. The van der Waals surface area contributed by atoms with Gasteiger partial charge in [0.15, 0.2) is 0 Å². The predicted molar refractivity (Wildman–Crippen MR) is 91.2 cm³/mol. The molecule has 0 saturated carbocycles. The summed E-state index contributed by atoms with van der Waals surface area (Å²) in [6.45, 7) is 0. The van der Waals surface area contributed by atoms with Crippen molar-refractivity contribution in [3.8, 4) is 11.3 Å². The SMILES string of the molecule is Fc1ccc2[nH]c(-c3cncc(Nc4ccccc4)c3)cc2c1. The summed E-state index contributed by atoms with van der Waals surface area (Å²) in [5.41, 5.74) is 4.67. The van der Waals surface area contributed by atoms with Crippen LogP contribution in [0.1, 0.15) is 0 Å². The minimum absolute atomic E-state index is 0.235. The number of rotatable bonds is 3. The number of halogens is 1. The first-order valence-electron chi connectivity index (χ1n) is 7.34. The number of hydrogen-bond donors (Lipinski definition) is 2. The van der Waals surface area contributed by atoms with E-state index in [-0.39, 0.29) is 5.82 Å². The lowest BCUT2D eigenvalue weighted by Crippen LogP contribution is -1.91. The van der Waals surface area contributed by atoms with Gasteiger partial charge in [0.1, 0.15) is 5.82 Å². The molecular formula is C19H14FN3. The number of nitrogens with zero attached hydrogens (tertiary/aromatic N) is 1. The average Bonchev–Trinajstić information content (AvgIpc) is 2.99. The minimum Gasteiger partial charge on any atom is -0.354 e. The van der Waals surface area contributed by atoms with Crippen LogP contribution >= 0.6 is 0 Å². The molecule has 4 rings (SSSR count). The molecule has 0 aliphatic carbocycles. The first-order chi connectivity index (χ1) is 11.3. The summed E-state index contributed by atoms with van der Waals surface area (Å²) in [7, 11) is 0. The number of anilines is 2. The van der Waals surface area contributed by atoms with Gasteiger partial charge in [-0.3, -0.25) is 4.98 Å². The molecular weight excluding hydrogens is 289 g/mol. The molecule has 0 bridgehead atoms. The number of nitrogens with one attached hydrogen (secondary N) is 2. The van der Waals surface area contributed by atoms with Crippen LogP contribution in [0.15, 0.2) is 73.1 Å². The van der Waals surface area contributed by atoms with Crippen molar-refractivity contribution in [1.82, 2.24) is 9.97 Å². The molecule has 0 atom stereocenters. The van der Waals surface area contributed by atoms with Crippen molar-refractivity contribution < 1.29 is 4.39 Å². The molecule has 0 spiro atoms. The molecule has 0 radical (unpaired) electrons. The zero-order valence-electron chi connectivity index (χ0n) is 12.3. The van der Waals surface area contributed by atoms with Crippen LogP contribution < -0.4 is 5.32 Å². The van der Waals surface area contributed by atoms with Crippen LogP contribution in [0.4, 0.5) is 15.8 Å². The lowest BCUT2D eigenvalue weighted by Gasteiger charge is -2.07. The van der Waals surface area contributed by atoms with E-state index in [4.69, 9.17) is 0 Å². The van der Waals surface area contributed by atoms with Gasteiger partial charge in [0.2, 0.25) is 0 Å². The lowest BCUT2D eigenvalue weighted by atomic mass is 10.2. The molecule has 4 aromatic rings. The maximum absolute atomic E-state index is 13.3. The molecule has 3 nitrogen and oxygen atoms in total. The van der Waals surface area contributed by atoms with Crippen molar-refractivity contribution in [2.45, 2.75) is 0 Å². The molecule has 0 amide bonds. The fourth-order valence-corrected chi connectivity index (χ4v) is 2.60. The number of para-hydroxylation sites is 1. The molecule has 0 unspecified atom stereocenters. The predicted octanol–water partition coefficient (Wildman–Crippen LogP) is 5.11. The van der Waals surface area contributed by atoms with Gasteiger partial charge < -0.3 is 10.3 Å². The van der Waals surface area contributed by atoms with Crippen LogP contribution in [0.2, 0.25) is 0 Å². The Morgan fingerprint density at radius 2 is 1.74 bits per heavy atom. The molecule has 0 aliphatic heterocycles. The highest BCUT2D eigenvalue weighted by molar-refractivity contribution is 5.86. The van der Waals surface area contributed by atoms with E-state index >= 15 is 0 Å². The number of hydrogen-bond acceptors (Lipinski definition) is 2. The third-order valence-corrected chi connectivity index (χ3v) is 3.69. The summed E-state index contributed by atoms with van der Waals surface area (Å²) in [6.07, 6.45) is 3.57. The summed E-state index contributed by atoms with van der Waals surface area (Å²) in [5.74, 6) is -0.235.